The summed E-state index contributed by atoms with van der Waals surface area (Å²) < 4.78 is 0. The lowest BCUT2D eigenvalue weighted by Gasteiger charge is -2.08. The molecule has 0 fully saturated rings. The maximum atomic E-state index is 10.9. The fourth-order valence-corrected chi connectivity index (χ4v) is 2.21. The molecule has 0 bridgehead atoms. The van der Waals surface area contributed by atoms with Gasteiger partial charge in [-0.15, -0.1) is 0 Å². The summed E-state index contributed by atoms with van der Waals surface area (Å²) in [5, 5.41) is 8.93. The van der Waals surface area contributed by atoms with Crippen molar-refractivity contribution in [1.29, 1.82) is 0 Å². The van der Waals surface area contributed by atoms with Gasteiger partial charge in [0.2, 0.25) is 0 Å². The highest BCUT2D eigenvalue weighted by molar-refractivity contribution is 5.70. The van der Waals surface area contributed by atoms with Crippen LogP contribution >= 0.6 is 0 Å². The monoisotopic (exact) mass is 268 g/mol. The fourth-order valence-electron chi connectivity index (χ4n) is 2.21. The third kappa shape index (κ3) is 3.47. The fraction of sp³-hybridized carbons (Fsp3) is 0.278. The van der Waals surface area contributed by atoms with Crippen LogP contribution in [-0.2, 0) is 17.6 Å². The molecule has 2 heteroatoms. The molecule has 0 amide bonds. The van der Waals surface area contributed by atoms with Gasteiger partial charge >= 0.3 is 5.97 Å². The van der Waals surface area contributed by atoms with Crippen LogP contribution in [-0.4, -0.2) is 11.1 Å². The van der Waals surface area contributed by atoms with Gasteiger partial charge in [-0.25, -0.2) is 0 Å². The Bertz CT molecular complexity index is 567. The Balaban J connectivity index is 2.12. The highest BCUT2D eigenvalue weighted by atomic mass is 16.4. The van der Waals surface area contributed by atoms with Crippen molar-refractivity contribution in [3.05, 3.63) is 59.7 Å². The zero-order chi connectivity index (χ0) is 14.5. The predicted octanol–water partition coefficient (Wildman–Crippen LogP) is 4.18. The Labute approximate surface area is 120 Å². The van der Waals surface area contributed by atoms with Crippen molar-refractivity contribution in [3.8, 4) is 11.1 Å². The zero-order valence-corrected chi connectivity index (χ0v) is 12.0. The van der Waals surface area contributed by atoms with Crippen LogP contribution in [0.2, 0.25) is 0 Å². The van der Waals surface area contributed by atoms with Crippen molar-refractivity contribution in [2.24, 2.45) is 5.92 Å². The summed E-state index contributed by atoms with van der Waals surface area (Å²) in [6.45, 7) is 3.88. The van der Waals surface area contributed by atoms with E-state index in [4.69, 9.17) is 5.11 Å². The minimum Gasteiger partial charge on any atom is -0.481 e. The summed E-state index contributed by atoms with van der Waals surface area (Å²) in [6, 6.07) is 16.7. The van der Waals surface area contributed by atoms with E-state index in [1.807, 2.05) is 12.1 Å². The SMILES string of the molecule is CCc1ccc(-c2ccc(CC(C)C(=O)O)cc2)cc1. The van der Waals surface area contributed by atoms with E-state index in [2.05, 4.69) is 43.3 Å². The quantitative estimate of drug-likeness (QED) is 0.883. The molecular formula is C18H20O2. The number of hydrogen-bond donors (Lipinski definition) is 1. The topological polar surface area (TPSA) is 37.3 Å². The predicted molar refractivity (Wildman–Crippen MR) is 81.8 cm³/mol. The molecule has 0 radical (unpaired) electrons. The Morgan fingerprint density at radius 1 is 0.950 bits per heavy atom. The lowest BCUT2D eigenvalue weighted by atomic mass is 9.97. The van der Waals surface area contributed by atoms with Crippen molar-refractivity contribution >= 4 is 5.97 Å². The van der Waals surface area contributed by atoms with E-state index in [9.17, 15) is 4.79 Å². The molecular weight excluding hydrogens is 248 g/mol. The van der Waals surface area contributed by atoms with Crippen molar-refractivity contribution in [2.75, 3.05) is 0 Å². The van der Waals surface area contributed by atoms with Crippen LogP contribution in [0.1, 0.15) is 25.0 Å². The van der Waals surface area contributed by atoms with Crippen LogP contribution in [0.4, 0.5) is 0 Å². The maximum absolute atomic E-state index is 10.9. The number of carboxylic acid groups (broad SMARTS) is 1. The van der Waals surface area contributed by atoms with Crippen LogP contribution in [0.25, 0.3) is 11.1 Å². The second-order valence-corrected chi connectivity index (χ2v) is 5.19. The van der Waals surface area contributed by atoms with Crippen molar-refractivity contribution in [3.63, 3.8) is 0 Å². The molecule has 1 atom stereocenters. The first-order valence-electron chi connectivity index (χ1n) is 7.01. The highest BCUT2D eigenvalue weighted by Crippen LogP contribution is 2.21. The summed E-state index contributed by atoms with van der Waals surface area (Å²) in [5.74, 6) is -1.09. The van der Waals surface area contributed by atoms with Gasteiger partial charge in [0.05, 0.1) is 5.92 Å². The van der Waals surface area contributed by atoms with Gasteiger partial charge in [-0.3, -0.25) is 4.79 Å². The number of benzene rings is 2. The van der Waals surface area contributed by atoms with Gasteiger partial charge in [-0.05, 0) is 35.1 Å². The molecule has 1 unspecified atom stereocenters. The molecule has 0 aliphatic heterocycles. The van der Waals surface area contributed by atoms with Crippen molar-refractivity contribution < 1.29 is 9.90 Å². The number of aryl methyl sites for hydroxylation is 1. The first kappa shape index (κ1) is 14.3. The summed E-state index contributed by atoms with van der Waals surface area (Å²) in [6.07, 6.45) is 1.62. The second kappa shape index (κ2) is 6.38. The Kier molecular flexibility index (Phi) is 4.57. The van der Waals surface area contributed by atoms with Crippen molar-refractivity contribution in [2.45, 2.75) is 26.7 Å². The van der Waals surface area contributed by atoms with E-state index in [0.29, 0.717) is 6.42 Å². The summed E-state index contributed by atoms with van der Waals surface area (Å²) in [5.41, 5.74) is 4.76. The molecule has 2 nitrogen and oxygen atoms in total. The second-order valence-electron chi connectivity index (χ2n) is 5.19. The minimum atomic E-state index is -0.746. The van der Waals surface area contributed by atoms with E-state index >= 15 is 0 Å². The first-order chi connectivity index (χ1) is 9.60. The van der Waals surface area contributed by atoms with Gasteiger partial charge in [-0.1, -0.05) is 62.4 Å². The summed E-state index contributed by atoms with van der Waals surface area (Å²) in [7, 11) is 0. The molecule has 0 aliphatic carbocycles. The van der Waals surface area contributed by atoms with Gasteiger partial charge in [-0.2, -0.15) is 0 Å². The molecule has 0 aromatic heterocycles. The molecule has 104 valence electrons. The van der Waals surface area contributed by atoms with E-state index < -0.39 is 5.97 Å². The Hall–Kier alpha value is -2.09. The third-order valence-electron chi connectivity index (χ3n) is 3.61. The lowest BCUT2D eigenvalue weighted by Crippen LogP contribution is -2.12. The van der Waals surface area contributed by atoms with Gasteiger partial charge in [0.25, 0.3) is 0 Å². The molecule has 0 saturated heterocycles. The molecule has 2 rings (SSSR count). The number of hydrogen-bond acceptors (Lipinski definition) is 1. The van der Waals surface area contributed by atoms with Crippen LogP contribution in [0.15, 0.2) is 48.5 Å². The van der Waals surface area contributed by atoms with Crippen LogP contribution in [0.3, 0.4) is 0 Å². The number of rotatable bonds is 5. The van der Waals surface area contributed by atoms with Gasteiger partial charge in [0.15, 0.2) is 0 Å². The van der Waals surface area contributed by atoms with E-state index in [-0.39, 0.29) is 5.92 Å². The molecule has 0 heterocycles. The summed E-state index contributed by atoms with van der Waals surface area (Å²) in [4.78, 5) is 10.9. The lowest BCUT2D eigenvalue weighted by molar-refractivity contribution is -0.141. The largest absolute Gasteiger partial charge is 0.481 e. The number of carboxylic acids is 1. The first-order valence-corrected chi connectivity index (χ1v) is 7.01. The van der Waals surface area contributed by atoms with Crippen molar-refractivity contribution in [1.82, 2.24) is 0 Å². The smallest absolute Gasteiger partial charge is 0.306 e. The maximum Gasteiger partial charge on any atom is 0.306 e. The highest BCUT2D eigenvalue weighted by Gasteiger charge is 2.11. The third-order valence-corrected chi connectivity index (χ3v) is 3.61. The molecule has 1 N–H and O–H groups in total. The molecule has 0 spiro atoms. The van der Waals surface area contributed by atoms with Gasteiger partial charge in [0.1, 0.15) is 0 Å². The average Bonchev–Trinajstić information content (AvgIpc) is 2.48. The normalized spacial score (nSPS) is 12.1. The van der Waals surface area contributed by atoms with E-state index in [1.165, 1.54) is 16.7 Å². The van der Waals surface area contributed by atoms with E-state index in [0.717, 1.165) is 12.0 Å². The molecule has 20 heavy (non-hydrogen) atoms. The zero-order valence-electron chi connectivity index (χ0n) is 12.0. The Morgan fingerprint density at radius 2 is 1.40 bits per heavy atom. The van der Waals surface area contributed by atoms with Gasteiger partial charge < -0.3 is 5.11 Å². The molecule has 0 saturated carbocycles. The van der Waals surface area contributed by atoms with E-state index in [1.54, 1.807) is 6.92 Å². The van der Waals surface area contributed by atoms with Crippen LogP contribution < -0.4 is 0 Å². The number of carbonyl (C=O) groups is 1. The standard InChI is InChI=1S/C18H20O2/c1-3-14-4-8-16(9-5-14)17-10-6-15(7-11-17)12-13(2)18(19)20/h4-11,13H,3,12H2,1-2H3,(H,19,20). The molecule has 2 aromatic rings. The number of aliphatic carboxylic acids is 1. The van der Waals surface area contributed by atoms with Crippen LogP contribution in [0.5, 0.6) is 0 Å². The summed E-state index contributed by atoms with van der Waals surface area (Å²) >= 11 is 0. The average molecular weight is 268 g/mol. The molecule has 2 aromatic carbocycles. The Morgan fingerprint density at radius 3 is 1.80 bits per heavy atom. The minimum absolute atomic E-state index is 0.343. The molecule has 0 aliphatic rings. The van der Waals surface area contributed by atoms with Gasteiger partial charge in [0, 0.05) is 0 Å². The van der Waals surface area contributed by atoms with Crippen LogP contribution in [0, 0.1) is 5.92 Å².